The van der Waals surface area contributed by atoms with Crippen LogP contribution in [0.3, 0.4) is 0 Å². The van der Waals surface area contributed by atoms with Crippen LogP contribution in [-0.2, 0) is 14.2 Å². The highest BCUT2D eigenvalue weighted by Crippen LogP contribution is 2.32. The Balaban J connectivity index is 1.51. The average molecular weight is 184 g/mol. The molecule has 4 unspecified atom stereocenters. The molecule has 0 aromatic carbocycles. The molecule has 13 heavy (non-hydrogen) atoms. The Morgan fingerprint density at radius 1 is 0.692 bits per heavy atom. The van der Waals surface area contributed by atoms with Crippen LogP contribution in [-0.4, -0.2) is 37.6 Å². The van der Waals surface area contributed by atoms with E-state index >= 15 is 0 Å². The summed E-state index contributed by atoms with van der Waals surface area (Å²) in [6, 6.07) is 0. The number of hydrogen-bond donors (Lipinski definition) is 0. The van der Waals surface area contributed by atoms with Crippen LogP contribution >= 0.6 is 0 Å². The van der Waals surface area contributed by atoms with Gasteiger partial charge in [0.1, 0.15) is 12.2 Å². The van der Waals surface area contributed by atoms with E-state index in [-0.39, 0.29) is 0 Å². The van der Waals surface area contributed by atoms with Crippen molar-refractivity contribution in [2.75, 3.05) is 13.2 Å². The molecule has 3 fully saturated rings. The lowest BCUT2D eigenvalue weighted by atomic mass is 10.1. The van der Waals surface area contributed by atoms with Crippen LogP contribution in [0.2, 0.25) is 0 Å². The molecule has 4 atom stereocenters. The van der Waals surface area contributed by atoms with Gasteiger partial charge in [-0.3, -0.25) is 0 Å². The lowest BCUT2D eigenvalue weighted by molar-refractivity contribution is 0.102. The molecule has 3 nitrogen and oxygen atoms in total. The molecule has 0 aromatic heterocycles. The topological polar surface area (TPSA) is 34.3 Å². The Bertz CT molecular complexity index is 175. The predicted octanol–water partition coefficient (Wildman–Crippen LogP) is 1.11. The van der Waals surface area contributed by atoms with E-state index in [0.29, 0.717) is 24.4 Å². The molecule has 3 heterocycles. The first-order chi connectivity index (χ1) is 6.43. The van der Waals surface area contributed by atoms with Crippen molar-refractivity contribution in [3.8, 4) is 0 Å². The lowest BCUT2D eigenvalue weighted by Gasteiger charge is -1.97. The van der Waals surface area contributed by atoms with E-state index in [0.717, 1.165) is 13.2 Å². The fourth-order valence-electron chi connectivity index (χ4n) is 2.15. The number of fused-ring (bicyclic) bond motifs is 2. The van der Waals surface area contributed by atoms with Crippen LogP contribution in [0.4, 0.5) is 0 Å². The van der Waals surface area contributed by atoms with Crippen LogP contribution in [0.1, 0.15) is 25.7 Å². The zero-order chi connectivity index (χ0) is 8.67. The first kappa shape index (κ1) is 8.21. The molecule has 0 radical (unpaired) electrons. The number of epoxide rings is 2. The summed E-state index contributed by atoms with van der Waals surface area (Å²) in [5, 5.41) is 0. The normalized spacial score (nSPS) is 49.8. The molecular weight excluding hydrogens is 168 g/mol. The van der Waals surface area contributed by atoms with E-state index in [1.807, 2.05) is 0 Å². The molecule has 3 saturated heterocycles. The Labute approximate surface area is 78.3 Å². The van der Waals surface area contributed by atoms with E-state index in [4.69, 9.17) is 14.2 Å². The summed E-state index contributed by atoms with van der Waals surface area (Å²) in [6.07, 6.45) is 6.81. The van der Waals surface area contributed by atoms with Gasteiger partial charge in [-0.15, -0.1) is 0 Å². The monoisotopic (exact) mass is 184 g/mol. The van der Waals surface area contributed by atoms with Crippen molar-refractivity contribution in [2.24, 2.45) is 0 Å². The van der Waals surface area contributed by atoms with Gasteiger partial charge in [-0.2, -0.15) is 0 Å². The third-order valence-electron chi connectivity index (χ3n) is 3.17. The number of hydrogen-bond acceptors (Lipinski definition) is 3. The van der Waals surface area contributed by atoms with Crippen molar-refractivity contribution in [3.05, 3.63) is 0 Å². The molecule has 3 aliphatic rings. The highest BCUT2D eigenvalue weighted by molar-refractivity contribution is 4.88. The van der Waals surface area contributed by atoms with E-state index < -0.39 is 0 Å². The smallest absolute Gasteiger partial charge is 0.107 e. The second-order valence-corrected chi connectivity index (χ2v) is 4.25. The van der Waals surface area contributed by atoms with Crippen molar-refractivity contribution in [2.45, 2.75) is 50.1 Å². The second-order valence-electron chi connectivity index (χ2n) is 4.25. The number of rotatable bonds is 0. The molecule has 0 aromatic rings. The summed E-state index contributed by atoms with van der Waals surface area (Å²) in [7, 11) is 0. The molecule has 0 saturated carbocycles. The summed E-state index contributed by atoms with van der Waals surface area (Å²) >= 11 is 0. The van der Waals surface area contributed by atoms with E-state index in [2.05, 4.69) is 0 Å². The third-order valence-corrected chi connectivity index (χ3v) is 3.17. The van der Waals surface area contributed by atoms with Crippen molar-refractivity contribution in [1.29, 1.82) is 0 Å². The van der Waals surface area contributed by atoms with Crippen molar-refractivity contribution < 1.29 is 14.2 Å². The summed E-state index contributed by atoms with van der Waals surface area (Å²) < 4.78 is 16.5. The van der Waals surface area contributed by atoms with Crippen LogP contribution < -0.4 is 0 Å². The van der Waals surface area contributed by atoms with Crippen LogP contribution in [0, 0.1) is 0 Å². The minimum atomic E-state index is 0.398. The zero-order valence-electron chi connectivity index (χ0n) is 7.78. The van der Waals surface area contributed by atoms with E-state index in [1.165, 1.54) is 25.7 Å². The van der Waals surface area contributed by atoms with Crippen molar-refractivity contribution in [1.82, 2.24) is 0 Å². The molecule has 3 heteroatoms. The highest BCUT2D eigenvalue weighted by atomic mass is 16.6. The molecule has 0 aliphatic carbocycles. The van der Waals surface area contributed by atoms with E-state index in [1.54, 1.807) is 0 Å². The number of ether oxygens (including phenoxy) is 3. The third kappa shape index (κ3) is 1.87. The first-order valence-corrected chi connectivity index (χ1v) is 5.32. The summed E-state index contributed by atoms with van der Waals surface area (Å²) in [5.41, 5.74) is 0. The molecule has 3 rings (SSSR count). The molecule has 0 amide bonds. The van der Waals surface area contributed by atoms with Gasteiger partial charge in [0, 0.05) is 0 Å². The quantitative estimate of drug-likeness (QED) is 0.529. The standard InChI is InChI=1S/C10H16O3/c1-2-4-8-10(13-8)6-11-5-9-7(3-1)12-9/h7-10H,1-6H2. The Kier molecular flexibility index (Phi) is 2.04. The molecule has 0 bridgehead atoms. The van der Waals surface area contributed by atoms with Gasteiger partial charge >= 0.3 is 0 Å². The van der Waals surface area contributed by atoms with Crippen molar-refractivity contribution >= 4 is 0 Å². The van der Waals surface area contributed by atoms with Gasteiger partial charge in [-0.05, 0) is 12.8 Å². The van der Waals surface area contributed by atoms with Gasteiger partial charge in [-0.25, -0.2) is 0 Å². The fraction of sp³-hybridized carbons (Fsp3) is 1.00. The Hall–Kier alpha value is -0.120. The highest BCUT2D eigenvalue weighted by Gasteiger charge is 2.42. The zero-order valence-corrected chi connectivity index (χ0v) is 7.78. The van der Waals surface area contributed by atoms with Gasteiger partial charge in [-0.1, -0.05) is 12.8 Å². The Morgan fingerprint density at radius 2 is 1.23 bits per heavy atom. The molecule has 0 N–H and O–H groups in total. The first-order valence-electron chi connectivity index (χ1n) is 5.32. The van der Waals surface area contributed by atoms with Gasteiger partial charge in [0.25, 0.3) is 0 Å². The van der Waals surface area contributed by atoms with Crippen LogP contribution in [0.5, 0.6) is 0 Å². The minimum absolute atomic E-state index is 0.398. The maximum atomic E-state index is 5.52. The summed E-state index contributed by atoms with van der Waals surface area (Å²) in [5.74, 6) is 0. The summed E-state index contributed by atoms with van der Waals surface area (Å²) in [4.78, 5) is 0. The maximum Gasteiger partial charge on any atom is 0.107 e. The van der Waals surface area contributed by atoms with Gasteiger partial charge < -0.3 is 14.2 Å². The lowest BCUT2D eigenvalue weighted by Crippen LogP contribution is -2.09. The summed E-state index contributed by atoms with van der Waals surface area (Å²) in [6.45, 7) is 1.55. The SMILES string of the molecule is C1CCC2OC2COCC2OC2C1. The molecule has 3 aliphatic heterocycles. The Morgan fingerprint density at radius 3 is 1.77 bits per heavy atom. The minimum Gasteiger partial charge on any atom is -0.376 e. The predicted molar refractivity (Wildman–Crippen MR) is 46.6 cm³/mol. The second kappa shape index (κ2) is 3.23. The van der Waals surface area contributed by atoms with Gasteiger partial charge in [0.15, 0.2) is 0 Å². The van der Waals surface area contributed by atoms with Gasteiger partial charge in [0.05, 0.1) is 25.4 Å². The van der Waals surface area contributed by atoms with Crippen molar-refractivity contribution in [3.63, 3.8) is 0 Å². The molecule has 0 spiro atoms. The van der Waals surface area contributed by atoms with E-state index in [9.17, 15) is 0 Å². The van der Waals surface area contributed by atoms with Gasteiger partial charge in [0.2, 0.25) is 0 Å². The molecule has 74 valence electrons. The maximum absolute atomic E-state index is 5.52. The average Bonchev–Trinajstić information content (AvgIpc) is 2.94. The van der Waals surface area contributed by atoms with Crippen LogP contribution in [0.25, 0.3) is 0 Å². The molecular formula is C10H16O3. The fourth-order valence-corrected chi connectivity index (χ4v) is 2.15. The largest absolute Gasteiger partial charge is 0.376 e. The van der Waals surface area contributed by atoms with Crippen LogP contribution in [0.15, 0.2) is 0 Å².